The summed E-state index contributed by atoms with van der Waals surface area (Å²) in [6.45, 7) is 4.10. The zero-order valence-electron chi connectivity index (χ0n) is 13.0. The molecule has 0 saturated carbocycles. The number of piperidine rings is 1. The Kier molecular flexibility index (Phi) is 4.81. The summed E-state index contributed by atoms with van der Waals surface area (Å²) in [5.41, 5.74) is 1.65. The maximum Gasteiger partial charge on any atom is 0.316 e. The zero-order valence-corrected chi connectivity index (χ0v) is 13.0. The molecule has 0 radical (unpaired) electrons. The Hall–Kier alpha value is -2.08. The summed E-state index contributed by atoms with van der Waals surface area (Å²) in [6, 6.07) is 4.06. The van der Waals surface area contributed by atoms with E-state index < -0.39 is 11.6 Å². The Labute approximate surface area is 134 Å². The van der Waals surface area contributed by atoms with Crippen molar-refractivity contribution in [2.45, 2.75) is 32.4 Å². The van der Waals surface area contributed by atoms with Crippen LogP contribution in [-0.2, 0) is 6.54 Å². The van der Waals surface area contributed by atoms with E-state index in [4.69, 9.17) is 4.74 Å². The van der Waals surface area contributed by atoms with Gasteiger partial charge in [-0.05, 0) is 43.0 Å². The monoisotopic (exact) mass is 319 g/mol. The van der Waals surface area contributed by atoms with Crippen molar-refractivity contribution >= 4 is 0 Å². The number of nitrogens with zero attached hydrogens (tertiary/aromatic N) is 3. The van der Waals surface area contributed by atoms with Gasteiger partial charge in [-0.3, -0.25) is 4.90 Å². The van der Waals surface area contributed by atoms with Crippen molar-refractivity contribution in [3.05, 3.63) is 53.4 Å². The first-order chi connectivity index (χ1) is 11.1. The zero-order chi connectivity index (χ0) is 16.2. The molecular weight excluding hydrogens is 300 g/mol. The van der Waals surface area contributed by atoms with E-state index in [1.165, 1.54) is 12.1 Å². The topological polar surface area (TPSA) is 38.2 Å². The molecule has 3 rings (SSSR count). The lowest BCUT2D eigenvalue weighted by Crippen LogP contribution is -2.38. The van der Waals surface area contributed by atoms with Gasteiger partial charge >= 0.3 is 6.01 Å². The molecule has 0 unspecified atom stereocenters. The summed E-state index contributed by atoms with van der Waals surface area (Å²) in [4.78, 5) is 10.5. The molecule has 2 aromatic rings. The van der Waals surface area contributed by atoms with Crippen LogP contribution in [0.25, 0.3) is 0 Å². The highest BCUT2D eigenvalue weighted by molar-refractivity contribution is 5.17. The van der Waals surface area contributed by atoms with Crippen LogP contribution in [0.1, 0.15) is 24.0 Å². The number of ether oxygens (including phenoxy) is 1. The van der Waals surface area contributed by atoms with Crippen LogP contribution in [0.2, 0.25) is 0 Å². The first-order valence-electron chi connectivity index (χ1n) is 7.71. The second-order valence-electron chi connectivity index (χ2n) is 5.91. The van der Waals surface area contributed by atoms with Gasteiger partial charge in [0.05, 0.1) is 0 Å². The van der Waals surface area contributed by atoms with Crippen LogP contribution in [-0.4, -0.2) is 34.1 Å². The van der Waals surface area contributed by atoms with E-state index in [-0.39, 0.29) is 6.10 Å². The van der Waals surface area contributed by atoms with E-state index in [2.05, 4.69) is 14.9 Å². The third-order valence-corrected chi connectivity index (χ3v) is 3.89. The van der Waals surface area contributed by atoms with Crippen LogP contribution in [0.4, 0.5) is 8.78 Å². The van der Waals surface area contributed by atoms with Crippen molar-refractivity contribution in [2.24, 2.45) is 0 Å². The minimum Gasteiger partial charge on any atom is -0.460 e. The second-order valence-corrected chi connectivity index (χ2v) is 5.91. The van der Waals surface area contributed by atoms with Crippen molar-refractivity contribution in [1.29, 1.82) is 0 Å². The Bertz CT molecular complexity index is 635. The number of aryl methyl sites for hydroxylation is 1. The predicted molar refractivity (Wildman–Crippen MR) is 82.1 cm³/mol. The van der Waals surface area contributed by atoms with E-state index in [0.29, 0.717) is 18.1 Å². The minimum absolute atomic E-state index is 0.0817. The normalized spacial score (nSPS) is 16.5. The number of halogens is 2. The van der Waals surface area contributed by atoms with E-state index >= 15 is 0 Å². The lowest BCUT2D eigenvalue weighted by molar-refractivity contribution is 0.0891. The molecule has 23 heavy (non-hydrogen) atoms. The van der Waals surface area contributed by atoms with Crippen LogP contribution in [0.15, 0.2) is 30.6 Å². The molecule has 1 fully saturated rings. The van der Waals surface area contributed by atoms with Gasteiger partial charge in [0.2, 0.25) is 0 Å². The summed E-state index contributed by atoms with van der Waals surface area (Å²) in [7, 11) is 0. The van der Waals surface area contributed by atoms with Gasteiger partial charge in [0, 0.05) is 38.1 Å². The Balaban J connectivity index is 1.51. The fourth-order valence-corrected chi connectivity index (χ4v) is 2.74. The van der Waals surface area contributed by atoms with Crippen LogP contribution >= 0.6 is 0 Å². The Morgan fingerprint density at radius 3 is 2.30 bits per heavy atom. The van der Waals surface area contributed by atoms with Gasteiger partial charge in [0.25, 0.3) is 0 Å². The van der Waals surface area contributed by atoms with Crippen LogP contribution < -0.4 is 4.74 Å². The molecule has 1 aromatic carbocycles. The van der Waals surface area contributed by atoms with E-state index in [0.717, 1.165) is 37.6 Å². The predicted octanol–water partition coefficient (Wildman–Crippen LogP) is 3.11. The highest BCUT2D eigenvalue weighted by Crippen LogP contribution is 2.18. The average molecular weight is 319 g/mol. The lowest BCUT2D eigenvalue weighted by atomic mass is 10.1. The molecule has 1 saturated heterocycles. The average Bonchev–Trinajstić information content (AvgIpc) is 2.50. The van der Waals surface area contributed by atoms with Crippen molar-refractivity contribution in [1.82, 2.24) is 14.9 Å². The summed E-state index contributed by atoms with van der Waals surface area (Å²) >= 11 is 0. The molecule has 4 nitrogen and oxygen atoms in total. The van der Waals surface area contributed by atoms with Crippen molar-refractivity contribution < 1.29 is 13.5 Å². The number of likely N-dealkylation sites (tertiary alicyclic amines) is 1. The minimum atomic E-state index is -0.533. The largest absolute Gasteiger partial charge is 0.460 e. The van der Waals surface area contributed by atoms with E-state index in [9.17, 15) is 8.78 Å². The molecule has 1 aliphatic heterocycles. The van der Waals surface area contributed by atoms with Gasteiger partial charge in [-0.15, -0.1) is 0 Å². The molecule has 0 bridgehead atoms. The summed E-state index contributed by atoms with van der Waals surface area (Å²) < 4.78 is 32.2. The lowest BCUT2D eigenvalue weighted by Gasteiger charge is -2.31. The van der Waals surface area contributed by atoms with Crippen molar-refractivity contribution in [3.63, 3.8) is 0 Å². The number of hydrogen-bond acceptors (Lipinski definition) is 4. The molecule has 2 heterocycles. The molecule has 1 aromatic heterocycles. The highest BCUT2D eigenvalue weighted by atomic mass is 19.1. The fourth-order valence-electron chi connectivity index (χ4n) is 2.74. The molecule has 0 atom stereocenters. The second kappa shape index (κ2) is 7.00. The van der Waals surface area contributed by atoms with Crippen molar-refractivity contribution in [3.8, 4) is 6.01 Å². The first kappa shape index (κ1) is 15.8. The van der Waals surface area contributed by atoms with Gasteiger partial charge in [-0.1, -0.05) is 0 Å². The number of rotatable bonds is 4. The SMILES string of the molecule is Cc1cnc(OC2CCN(Cc3cc(F)cc(F)c3)CC2)nc1. The molecule has 1 aliphatic rings. The third kappa shape index (κ3) is 4.45. The molecular formula is C17H19F2N3O. The molecule has 0 spiro atoms. The molecule has 0 aliphatic carbocycles. The molecule has 6 heteroatoms. The first-order valence-corrected chi connectivity index (χ1v) is 7.71. The summed E-state index contributed by atoms with van der Waals surface area (Å²) in [6.07, 6.45) is 5.23. The third-order valence-electron chi connectivity index (χ3n) is 3.89. The number of benzene rings is 1. The van der Waals surface area contributed by atoms with E-state index in [1.54, 1.807) is 12.4 Å². The van der Waals surface area contributed by atoms with Gasteiger partial charge in [0.1, 0.15) is 17.7 Å². The van der Waals surface area contributed by atoms with Crippen LogP contribution in [0.3, 0.4) is 0 Å². The van der Waals surface area contributed by atoms with Gasteiger partial charge in [-0.2, -0.15) is 0 Å². The maximum absolute atomic E-state index is 13.2. The number of aromatic nitrogens is 2. The highest BCUT2D eigenvalue weighted by Gasteiger charge is 2.21. The van der Waals surface area contributed by atoms with Gasteiger partial charge < -0.3 is 4.74 Å². The Morgan fingerprint density at radius 1 is 1.09 bits per heavy atom. The van der Waals surface area contributed by atoms with Crippen LogP contribution in [0, 0.1) is 18.6 Å². The van der Waals surface area contributed by atoms with Crippen LogP contribution in [0.5, 0.6) is 6.01 Å². The molecule has 122 valence electrons. The maximum atomic E-state index is 13.2. The molecule has 0 N–H and O–H groups in total. The van der Waals surface area contributed by atoms with Crippen molar-refractivity contribution in [2.75, 3.05) is 13.1 Å². The Morgan fingerprint density at radius 2 is 1.70 bits per heavy atom. The smallest absolute Gasteiger partial charge is 0.316 e. The van der Waals surface area contributed by atoms with Gasteiger partial charge in [0.15, 0.2) is 0 Å². The quantitative estimate of drug-likeness (QED) is 0.868. The fraction of sp³-hybridized carbons (Fsp3) is 0.412. The number of hydrogen-bond donors (Lipinski definition) is 0. The van der Waals surface area contributed by atoms with E-state index in [1.807, 2.05) is 6.92 Å². The molecule has 0 amide bonds. The summed E-state index contributed by atoms with van der Waals surface area (Å²) in [5.74, 6) is -1.07. The standard InChI is InChI=1S/C17H19F2N3O/c1-12-9-20-17(21-10-12)23-16-2-4-22(5-3-16)11-13-6-14(18)8-15(19)7-13/h6-10,16H,2-5,11H2,1H3. The summed E-state index contributed by atoms with van der Waals surface area (Å²) in [5, 5.41) is 0. The van der Waals surface area contributed by atoms with Gasteiger partial charge in [-0.25, -0.2) is 18.7 Å².